The van der Waals surface area contributed by atoms with E-state index in [-0.39, 0.29) is 18.6 Å². The van der Waals surface area contributed by atoms with Crippen molar-refractivity contribution in [2.75, 3.05) is 45.2 Å². The zero-order valence-corrected chi connectivity index (χ0v) is 21.2. The van der Waals surface area contributed by atoms with Gasteiger partial charge in [0.1, 0.15) is 17.1 Å². The monoisotopic (exact) mass is 500 g/mol. The predicted octanol–water partition coefficient (Wildman–Crippen LogP) is 3.70. The van der Waals surface area contributed by atoms with E-state index in [4.69, 9.17) is 26.1 Å². The number of nitrogens with one attached hydrogen (secondary N) is 3. The molecule has 0 saturated carbocycles. The summed E-state index contributed by atoms with van der Waals surface area (Å²) >= 11 is 6.50. The highest BCUT2D eigenvalue weighted by molar-refractivity contribution is 6.34. The number of nitrogens with zero attached hydrogens (tertiary/aromatic N) is 3. The van der Waals surface area contributed by atoms with Crippen molar-refractivity contribution >= 4 is 34.4 Å². The van der Waals surface area contributed by atoms with Gasteiger partial charge in [0, 0.05) is 18.2 Å². The Morgan fingerprint density at radius 2 is 2.00 bits per heavy atom. The molecule has 0 spiro atoms. The maximum atomic E-state index is 11.9. The molecule has 1 fully saturated rings. The largest absolute Gasteiger partial charge is 0.484 e. The first kappa shape index (κ1) is 25.2. The minimum Gasteiger partial charge on any atom is -0.484 e. The summed E-state index contributed by atoms with van der Waals surface area (Å²) in [4.78, 5) is 26.8. The second kappa shape index (κ2) is 11.7. The number of anilines is 1. The molecule has 2 aromatic heterocycles. The third kappa shape index (κ3) is 6.84. The number of aromatic amines is 1. The number of aromatic nitrogens is 3. The van der Waals surface area contributed by atoms with Crippen LogP contribution in [0.2, 0.25) is 5.02 Å². The lowest BCUT2D eigenvalue weighted by Gasteiger charge is -2.30. The molecule has 188 valence electrons. The molecule has 0 radical (unpaired) electrons. The van der Waals surface area contributed by atoms with Crippen molar-refractivity contribution in [1.29, 1.82) is 0 Å². The van der Waals surface area contributed by atoms with Gasteiger partial charge < -0.3 is 30.0 Å². The molecule has 1 aromatic carbocycles. The zero-order chi connectivity index (χ0) is 24.8. The highest BCUT2D eigenvalue weighted by atomic mass is 35.5. The molecule has 0 aliphatic carbocycles. The molecular weight excluding hydrogens is 468 g/mol. The van der Waals surface area contributed by atoms with Crippen LogP contribution < -0.4 is 15.4 Å². The van der Waals surface area contributed by atoms with Gasteiger partial charge in [0.05, 0.1) is 29.6 Å². The number of hydrogen-bond acceptors (Lipinski definition) is 7. The van der Waals surface area contributed by atoms with Crippen LogP contribution in [0.15, 0.2) is 30.5 Å². The number of rotatable bonds is 10. The normalized spacial score (nSPS) is 15.0. The van der Waals surface area contributed by atoms with Crippen molar-refractivity contribution < 1.29 is 14.3 Å². The number of benzene rings is 1. The molecule has 1 aliphatic rings. The number of likely N-dealkylation sites (tertiary alicyclic amines) is 1. The fourth-order valence-electron chi connectivity index (χ4n) is 3.96. The van der Waals surface area contributed by atoms with Gasteiger partial charge in [0.15, 0.2) is 12.3 Å². The van der Waals surface area contributed by atoms with Crippen LogP contribution in [0.4, 0.5) is 5.69 Å². The van der Waals surface area contributed by atoms with Crippen LogP contribution in [-0.2, 0) is 9.53 Å². The molecule has 35 heavy (non-hydrogen) atoms. The summed E-state index contributed by atoms with van der Waals surface area (Å²) in [5.41, 5.74) is 3.11. The van der Waals surface area contributed by atoms with Crippen molar-refractivity contribution in [3.63, 3.8) is 0 Å². The number of piperidine rings is 1. The molecule has 0 unspecified atom stereocenters. The first-order valence-electron chi connectivity index (χ1n) is 12.0. The Morgan fingerprint density at radius 1 is 1.26 bits per heavy atom. The third-order valence-electron chi connectivity index (χ3n) is 5.91. The summed E-state index contributed by atoms with van der Waals surface area (Å²) in [6.45, 7) is 6.90. The number of imidazole rings is 1. The Balaban J connectivity index is 1.38. The van der Waals surface area contributed by atoms with Crippen LogP contribution >= 0.6 is 11.6 Å². The Kier molecular flexibility index (Phi) is 8.43. The number of H-pyrrole nitrogens is 1. The average Bonchev–Trinajstić information content (AvgIpc) is 3.28. The van der Waals surface area contributed by atoms with Gasteiger partial charge in [0.25, 0.3) is 5.91 Å². The molecular formula is C25H33ClN6O3. The van der Waals surface area contributed by atoms with E-state index in [9.17, 15) is 4.79 Å². The topological polar surface area (TPSA) is 104 Å². The van der Waals surface area contributed by atoms with E-state index in [0.29, 0.717) is 41.4 Å². The van der Waals surface area contributed by atoms with Gasteiger partial charge in [-0.2, -0.15) is 0 Å². The quantitative estimate of drug-likeness (QED) is 0.364. The van der Waals surface area contributed by atoms with Crippen molar-refractivity contribution in [3.05, 3.63) is 35.5 Å². The maximum absolute atomic E-state index is 11.9. The van der Waals surface area contributed by atoms with E-state index in [0.717, 1.165) is 42.7 Å². The minimum absolute atomic E-state index is 0.0555. The van der Waals surface area contributed by atoms with Gasteiger partial charge in [-0.15, -0.1) is 0 Å². The Labute approximate surface area is 210 Å². The lowest BCUT2D eigenvalue weighted by atomic mass is 10.1. The lowest BCUT2D eigenvalue weighted by molar-refractivity contribution is -0.123. The number of pyridine rings is 1. The van der Waals surface area contributed by atoms with Crippen LogP contribution in [0.5, 0.6) is 5.75 Å². The first-order valence-corrected chi connectivity index (χ1v) is 12.4. The lowest BCUT2D eigenvalue weighted by Crippen LogP contribution is -2.36. The van der Waals surface area contributed by atoms with Gasteiger partial charge in [0.2, 0.25) is 0 Å². The van der Waals surface area contributed by atoms with Crippen LogP contribution in [0, 0.1) is 0 Å². The van der Waals surface area contributed by atoms with Gasteiger partial charge >= 0.3 is 0 Å². The molecule has 9 nitrogen and oxygen atoms in total. The summed E-state index contributed by atoms with van der Waals surface area (Å²) in [6.07, 6.45) is 3.90. The number of fused-ring (bicyclic) bond motifs is 1. The Hall–Kier alpha value is -2.88. The fourth-order valence-corrected chi connectivity index (χ4v) is 4.15. The molecule has 1 aliphatic heterocycles. The summed E-state index contributed by atoms with van der Waals surface area (Å²) in [5, 5.41) is 6.92. The van der Waals surface area contributed by atoms with Gasteiger partial charge in [-0.3, -0.25) is 4.79 Å². The van der Waals surface area contributed by atoms with E-state index in [1.807, 2.05) is 38.1 Å². The molecule has 3 heterocycles. The van der Waals surface area contributed by atoms with E-state index in [2.05, 4.69) is 32.5 Å². The zero-order valence-electron chi connectivity index (χ0n) is 20.4. The number of ether oxygens (including phenoxy) is 2. The minimum atomic E-state index is -0.189. The highest BCUT2D eigenvalue weighted by Crippen LogP contribution is 2.32. The fraction of sp³-hybridized carbons (Fsp3) is 0.480. The van der Waals surface area contributed by atoms with Crippen molar-refractivity contribution in [2.45, 2.75) is 38.8 Å². The smallest absolute Gasteiger partial charge is 0.258 e. The molecule has 3 N–H and O–H groups in total. The Morgan fingerprint density at radius 3 is 2.71 bits per heavy atom. The van der Waals surface area contributed by atoms with Gasteiger partial charge in [-0.05, 0) is 71.1 Å². The van der Waals surface area contributed by atoms with E-state index >= 15 is 0 Å². The number of halogens is 1. The summed E-state index contributed by atoms with van der Waals surface area (Å²) in [7, 11) is 2.14. The molecule has 3 aromatic rings. The SMILES string of the molecule is CC(C)OCCNC(=O)COc1ccc(-c2nc3c(NC4CCN(C)CC4)c(Cl)cnc3[nH]2)cc1. The standard InChI is InChI=1S/C25H33ClN6O3/c1-16(2)34-13-10-27-21(33)15-35-19-6-4-17(5-7-19)24-30-23-22(20(26)14-28-25(23)31-24)29-18-8-11-32(3)12-9-18/h4-7,14,16,18H,8-13,15H2,1-3H3,(H,27,33)(H2,28,29,30,31). The van der Waals surface area contributed by atoms with E-state index in [1.165, 1.54) is 0 Å². The number of carbonyl (C=O) groups is 1. The average molecular weight is 501 g/mol. The number of amides is 1. The van der Waals surface area contributed by atoms with Crippen molar-refractivity contribution in [3.8, 4) is 17.1 Å². The Bertz CT molecular complexity index is 1130. The van der Waals surface area contributed by atoms with Crippen LogP contribution in [0.1, 0.15) is 26.7 Å². The van der Waals surface area contributed by atoms with Crippen LogP contribution in [-0.4, -0.2) is 77.8 Å². The molecule has 0 atom stereocenters. The highest BCUT2D eigenvalue weighted by Gasteiger charge is 2.20. The van der Waals surface area contributed by atoms with Crippen molar-refractivity contribution in [1.82, 2.24) is 25.2 Å². The van der Waals surface area contributed by atoms with Crippen LogP contribution in [0.3, 0.4) is 0 Å². The number of carbonyl (C=O) groups excluding carboxylic acids is 1. The summed E-state index contributed by atoms with van der Waals surface area (Å²) in [6, 6.07) is 7.77. The second-order valence-corrected chi connectivity index (χ2v) is 9.48. The van der Waals surface area contributed by atoms with E-state index < -0.39 is 0 Å². The summed E-state index contributed by atoms with van der Waals surface area (Å²) < 4.78 is 11.0. The molecule has 4 rings (SSSR count). The molecule has 1 saturated heterocycles. The van der Waals surface area contributed by atoms with Gasteiger partial charge in [-0.25, -0.2) is 9.97 Å². The van der Waals surface area contributed by atoms with E-state index in [1.54, 1.807) is 6.20 Å². The first-order chi connectivity index (χ1) is 16.9. The van der Waals surface area contributed by atoms with Crippen LogP contribution in [0.25, 0.3) is 22.6 Å². The molecule has 0 bridgehead atoms. The predicted molar refractivity (Wildman–Crippen MR) is 138 cm³/mol. The third-order valence-corrected chi connectivity index (χ3v) is 6.19. The second-order valence-electron chi connectivity index (χ2n) is 9.07. The molecule has 1 amide bonds. The van der Waals surface area contributed by atoms with Gasteiger partial charge in [-0.1, -0.05) is 11.6 Å². The maximum Gasteiger partial charge on any atom is 0.258 e. The van der Waals surface area contributed by atoms with Crippen molar-refractivity contribution in [2.24, 2.45) is 0 Å². The number of hydrogen-bond donors (Lipinski definition) is 3. The summed E-state index contributed by atoms with van der Waals surface area (Å²) in [5.74, 6) is 1.10. The molecule has 10 heteroatoms.